The van der Waals surface area contributed by atoms with Crippen molar-refractivity contribution in [3.63, 3.8) is 0 Å². The van der Waals surface area contributed by atoms with Crippen molar-refractivity contribution in [2.75, 3.05) is 0 Å². The molecule has 0 saturated carbocycles. The minimum absolute atomic E-state index is 0. The summed E-state index contributed by atoms with van der Waals surface area (Å²) in [6.07, 6.45) is 3.71. The van der Waals surface area contributed by atoms with Crippen LogP contribution in [0.4, 0.5) is 4.39 Å². The van der Waals surface area contributed by atoms with E-state index in [2.05, 4.69) is 22.1 Å². The number of hydrogen-bond donors (Lipinski definition) is 0. The molecule has 0 saturated heterocycles. The predicted molar refractivity (Wildman–Crippen MR) is 131 cm³/mol. The van der Waals surface area contributed by atoms with Crippen molar-refractivity contribution in [2.45, 2.75) is 0 Å². The second-order valence-corrected chi connectivity index (χ2v) is 7.62. The Morgan fingerprint density at radius 3 is 2.06 bits per heavy atom. The first kappa shape index (κ1) is 23.5. The molecule has 2 heterocycles. The van der Waals surface area contributed by atoms with E-state index >= 15 is 0 Å². The van der Waals surface area contributed by atoms with Crippen LogP contribution in [0.3, 0.4) is 0 Å². The summed E-state index contributed by atoms with van der Waals surface area (Å²) in [5.41, 5.74) is 3.10. The molecular weight excluding hydrogens is 602 g/mol. The Hall–Kier alpha value is -3.66. The molecule has 0 atom stereocenters. The molecule has 0 amide bonds. The van der Waals surface area contributed by atoms with Gasteiger partial charge in [0.05, 0.1) is 11.3 Å². The standard InChI is InChI=1S/C19H11FN.C10H9N2.Ir/c20-17-12-18(13-6-2-1-3-7-13)21-19-11-15-9-5-4-8-14(15)10-16(17)19;1-12-8-7-11-10(12)9-5-3-2-4-6-9;/h1-6,8-12H;2-5,7-8H,1H3;/q2*-1;. The van der Waals surface area contributed by atoms with E-state index in [-0.39, 0.29) is 25.9 Å². The Balaban J connectivity index is 0.000000180. The quantitative estimate of drug-likeness (QED) is 0.156. The number of pyridine rings is 1. The van der Waals surface area contributed by atoms with Crippen LogP contribution in [0, 0.1) is 17.9 Å². The summed E-state index contributed by atoms with van der Waals surface area (Å²) in [6.45, 7) is 0. The van der Waals surface area contributed by atoms with E-state index in [4.69, 9.17) is 0 Å². The third-order valence-corrected chi connectivity index (χ3v) is 5.38. The number of benzene rings is 4. The van der Waals surface area contributed by atoms with Crippen LogP contribution in [-0.4, -0.2) is 14.5 Å². The molecule has 5 heteroatoms. The van der Waals surface area contributed by atoms with Crippen molar-refractivity contribution < 1.29 is 24.5 Å². The van der Waals surface area contributed by atoms with Gasteiger partial charge in [-0.25, -0.2) is 4.39 Å². The van der Waals surface area contributed by atoms with E-state index < -0.39 is 0 Å². The molecule has 6 aromatic rings. The normalized spacial score (nSPS) is 10.4. The van der Waals surface area contributed by atoms with E-state index in [0.29, 0.717) is 16.6 Å². The van der Waals surface area contributed by atoms with Crippen molar-refractivity contribution in [1.82, 2.24) is 14.5 Å². The van der Waals surface area contributed by atoms with Gasteiger partial charge in [-0.1, -0.05) is 24.3 Å². The van der Waals surface area contributed by atoms with Crippen molar-refractivity contribution in [3.05, 3.63) is 121 Å². The van der Waals surface area contributed by atoms with Gasteiger partial charge in [-0.2, -0.15) is 0 Å². The minimum Gasteiger partial charge on any atom is -0.373 e. The molecule has 6 rings (SSSR count). The molecule has 4 aromatic carbocycles. The van der Waals surface area contributed by atoms with Crippen molar-refractivity contribution in [2.24, 2.45) is 7.05 Å². The summed E-state index contributed by atoms with van der Waals surface area (Å²) in [7, 11) is 1.98. The Morgan fingerprint density at radius 1 is 0.794 bits per heavy atom. The van der Waals surface area contributed by atoms with Gasteiger partial charge in [0.15, 0.2) is 0 Å². The smallest absolute Gasteiger partial charge is 0.125 e. The number of fused-ring (bicyclic) bond motifs is 2. The zero-order chi connectivity index (χ0) is 22.6. The fourth-order valence-electron chi connectivity index (χ4n) is 3.72. The monoisotopic (exact) mass is 622 g/mol. The van der Waals surface area contributed by atoms with Gasteiger partial charge >= 0.3 is 0 Å². The van der Waals surface area contributed by atoms with Gasteiger partial charge in [0, 0.05) is 44.9 Å². The summed E-state index contributed by atoms with van der Waals surface area (Å²) in [5, 5.41) is 2.63. The van der Waals surface area contributed by atoms with Crippen LogP contribution < -0.4 is 0 Å². The summed E-state index contributed by atoms with van der Waals surface area (Å²) < 4.78 is 16.4. The molecule has 0 bridgehead atoms. The fourth-order valence-corrected chi connectivity index (χ4v) is 3.72. The van der Waals surface area contributed by atoms with Crippen molar-refractivity contribution in [1.29, 1.82) is 0 Å². The summed E-state index contributed by atoms with van der Waals surface area (Å²) in [6, 6.07) is 34.7. The number of halogens is 1. The van der Waals surface area contributed by atoms with Crippen LogP contribution in [-0.2, 0) is 27.2 Å². The van der Waals surface area contributed by atoms with E-state index in [9.17, 15) is 4.39 Å². The SMILES string of the molecule is Cn1ccnc1-c1[c-]cccc1.Fc1cc(-c2[c-]cccc2)nc2cc3ccccc3cc12.[Ir]. The molecule has 0 spiro atoms. The molecular formula is C29H20FIrN3-2. The third-order valence-electron chi connectivity index (χ3n) is 5.38. The van der Waals surface area contributed by atoms with Crippen molar-refractivity contribution >= 4 is 21.7 Å². The largest absolute Gasteiger partial charge is 0.373 e. The average Bonchev–Trinajstić information content (AvgIpc) is 3.30. The van der Waals surface area contributed by atoms with Crippen LogP contribution in [0.2, 0.25) is 0 Å². The van der Waals surface area contributed by atoms with Gasteiger partial charge in [-0.15, -0.1) is 71.8 Å². The van der Waals surface area contributed by atoms with Crippen LogP contribution in [0.5, 0.6) is 0 Å². The molecule has 0 aliphatic rings. The van der Waals surface area contributed by atoms with Crippen LogP contribution in [0.15, 0.2) is 103 Å². The second-order valence-electron chi connectivity index (χ2n) is 7.62. The summed E-state index contributed by atoms with van der Waals surface area (Å²) in [5.74, 6) is 0.702. The van der Waals surface area contributed by atoms with Crippen molar-refractivity contribution in [3.8, 4) is 22.6 Å². The number of nitrogens with zero attached hydrogens (tertiary/aromatic N) is 3. The maximum atomic E-state index is 14.4. The summed E-state index contributed by atoms with van der Waals surface area (Å²) in [4.78, 5) is 8.80. The zero-order valence-corrected chi connectivity index (χ0v) is 20.8. The van der Waals surface area contributed by atoms with E-state index in [1.807, 2.05) is 96.7 Å². The number of hydrogen-bond acceptors (Lipinski definition) is 2. The molecule has 3 nitrogen and oxygen atoms in total. The van der Waals surface area contributed by atoms with Gasteiger partial charge in [0.1, 0.15) is 5.82 Å². The molecule has 0 N–H and O–H groups in total. The molecule has 1 radical (unpaired) electrons. The molecule has 0 aliphatic heterocycles. The van der Waals surface area contributed by atoms with E-state index in [1.54, 1.807) is 12.3 Å². The first-order valence-electron chi connectivity index (χ1n) is 10.6. The molecule has 169 valence electrons. The van der Waals surface area contributed by atoms with Gasteiger partial charge in [-0.3, -0.25) is 9.97 Å². The molecule has 2 aromatic heterocycles. The minimum atomic E-state index is -0.252. The Morgan fingerprint density at radius 2 is 1.44 bits per heavy atom. The maximum Gasteiger partial charge on any atom is 0.125 e. The average molecular weight is 622 g/mol. The molecule has 0 unspecified atom stereocenters. The first-order valence-corrected chi connectivity index (χ1v) is 10.6. The third kappa shape index (κ3) is 4.96. The second kappa shape index (κ2) is 10.5. The Bertz CT molecular complexity index is 1530. The Kier molecular flexibility index (Phi) is 7.27. The number of aromatic nitrogens is 3. The van der Waals surface area contributed by atoms with Gasteiger partial charge < -0.3 is 4.57 Å². The molecule has 0 aliphatic carbocycles. The molecule has 0 fully saturated rings. The Labute approximate surface area is 211 Å². The maximum absolute atomic E-state index is 14.4. The number of rotatable bonds is 2. The van der Waals surface area contributed by atoms with Gasteiger partial charge in [0.25, 0.3) is 0 Å². The summed E-state index contributed by atoms with van der Waals surface area (Å²) >= 11 is 0. The fraction of sp³-hybridized carbons (Fsp3) is 0.0345. The molecule has 34 heavy (non-hydrogen) atoms. The van der Waals surface area contributed by atoms with Crippen LogP contribution in [0.25, 0.3) is 44.3 Å². The number of aryl methyl sites for hydroxylation is 1. The van der Waals surface area contributed by atoms with E-state index in [0.717, 1.165) is 27.7 Å². The first-order chi connectivity index (χ1) is 16.2. The van der Waals surface area contributed by atoms with Crippen LogP contribution >= 0.6 is 0 Å². The topological polar surface area (TPSA) is 30.7 Å². The predicted octanol–water partition coefficient (Wildman–Crippen LogP) is 6.88. The van der Waals surface area contributed by atoms with Crippen LogP contribution in [0.1, 0.15) is 0 Å². The van der Waals surface area contributed by atoms with Gasteiger partial charge in [0.2, 0.25) is 0 Å². The zero-order valence-electron chi connectivity index (χ0n) is 18.4. The number of imidazole rings is 1. The van der Waals surface area contributed by atoms with Gasteiger partial charge in [-0.05, 0) is 34.7 Å². The van der Waals surface area contributed by atoms with E-state index in [1.165, 1.54) is 6.07 Å².